The molecule has 0 saturated heterocycles. The Morgan fingerprint density at radius 2 is 2.16 bits per heavy atom. The SMILES string of the molecule is CSCCC(NC(=O)c1cc(=O)cc(C)o1)c1nc2ccccc2[nH]1. The first-order valence-electron chi connectivity index (χ1n) is 7.93. The molecule has 0 aliphatic carbocycles. The summed E-state index contributed by atoms with van der Waals surface area (Å²) >= 11 is 1.69. The van der Waals surface area contributed by atoms with Crippen LogP contribution in [0.2, 0.25) is 0 Å². The monoisotopic (exact) mass is 357 g/mol. The third-order valence-corrected chi connectivity index (χ3v) is 4.41. The molecular formula is C18H19N3O3S. The second-order valence-corrected chi connectivity index (χ2v) is 6.70. The van der Waals surface area contributed by atoms with E-state index in [0.717, 1.165) is 16.8 Å². The van der Waals surface area contributed by atoms with Gasteiger partial charge in [0.2, 0.25) is 0 Å². The molecule has 3 aromatic rings. The van der Waals surface area contributed by atoms with Crippen molar-refractivity contribution >= 4 is 28.7 Å². The molecule has 0 radical (unpaired) electrons. The average Bonchev–Trinajstić information content (AvgIpc) is 3.01. The van der Waals surface area contributed by atoms with E-state index in [2.05, 4.69) is 15.3 Å². The van der Waals surface area contributed by atoms with E-state index in [0.29, 0.717) is 18.0 Å². The molecule has 2 heterocycles. The number of amides is 1. The normalized spacial score (nSPS) is 12.2. The fraction of sp³-hybridized carbons (Fsp3) is 0.278. The molecule has 0 saturated carbocycles. The lowest BCUT2D eigenvalue weighted by molar-refractivity contribution is 0.0902. The predicted octanol–water partition coefficient (Wildman–Crippen LogP) is 3.05. The van der Waals surface area contributed by atoms with Crippen LogP contribution in [-0.4, -0.2) is 27.9 Å². The number of rotatable bonds is 6. The standard InChI is InChI=1S/C18H19N3O3S/c1-11-9-12(22)10-16(24-11)18(23)21-15(7-8-25-2)17-19-13-5-3-4-6-14(13)20-17/h3-6,9-10,15H,7-8H2,1-2H3,(H,19,20)(H,21,23). The number of nitrogens with one attached hydrogen (secondary N) is 2. The molecule has 25 heavy (non-hydrogen) atoms. The van der Waals surface area contributed by atoms with Crippen molar-refractivity contribution in [2.75, 3.05) is 12.0 Å². The van der Waals surface area contributed by atoms with E-state index >= 15 is 0 Å². The Morgan fingerprint density at radius 1 is 1.36 bits per heavy atom. The van der Waals surface area contributed by atoms with Gasteiger partial charge in [0.15, 0.2) is 11.2 Å². The van der Waals surface area contributed by atoms with Gasteiger partial charge in [-0.15, -0.1) is 0 Å². The zero-order chi connectivity index (χ0) is 17.8. The number of aryl methyl sites for hydroxylation is 1. The van der Waals surface area contributed by atoms with Crippen LogP contribution in [0.15, 0.2) is 45.6 Å². The summed E-state index contributed by atoms with van der Waals surface area (Å²) in [6.07, 6.45) is 2.72. The summed E-state index contributed by atoms with van der Waals surface area (Å²) < 4.78 is 5.37. The van der Waals surface area contributed by atoms with Crippen molar-refractivity contribution in [3.8, 4) is 0 Å². The van der Waals surface area contributed by atoms with Crippen molar-refractivity contribution in [1.29, 1.82) is 0 Å². The van der Waals surface area contributed by atoms with Gasteiger partial charge >= 0.3 is 0 Å². The minimum atomic E-state index is -0.424. The smallest absolute Gasteiger partial charge is 0.287 e. The maximum absolute atomic E-state index is 12.5. The third-order valence-electron chi connectivity index (χ3n) is 3.77. The van der Waals surface area contributed by atoms with E-state index in [-0.39, 0.29) is 17.2 Å². The number of nitrogens with zero attached hydrogens (tertiary/aromatic N) is 1. The summed E-state index contributed by atoms with van der Waals surface area (Å²) in [5, 5.41) is 2.92. The molecule has 0 aliphatic rings. The Bertz CT molecular complexity index is 915. The molecular weight excluding hydrogens is 338 g/mol. The van der Waals surface area contributed by atoms with Crippen LogP contribution >= 0.6 is 11.8 Å². The van der Waals surface area contributed by atoms with Gasteiger partial charge in [0.25, 0.3) is 5.91 Å². The second-order valence-electron chi connectivity index (χ2n) is 5.71. The molecule has 1 unspecified atom stereocenters. The molecule has 2 N–H and O–H groups in total. The highest BCUT2D eigenvalue weighted by molar-refractivity contribution is 7.98. The largest absolute Gasteiger partial charge is 0.456 e. The van der Waals surface area contributed by atoms with Crippen molar-refractivity contribution in [2.45, 2.75) is 19.4 Å². The lowest BCUT2D eigenvalue weighted by Crippen LogP contribution is -2.30. The number of thioether (sulfide) groups is 1. The highest BCUT2D eigenvalue weighted by Crippen LogP contribution is 2.20. The number of hydrogen-bond donors (Lipinski definition) is 2. The quantitative estimate of drug-likeness (QED) is 0.708. The van der Waals surface area contributed by atoms with Crippen molar-refractivity contribution in [1.82, 2.24) is 15.3 Å². The number of H-pyrrole nitrogens is 1. The van der Waals surface area contributed by atoms with Gasteiger partial charge in [-0.2, -0.15) is 11.8 Å². The number of carbonyl (C=O) groups excluding carboxylic acids is 1. The lowest BCUT2D eigenvalue weighted by atomic mass is 10.2. The fourth-order valence-corrected chi connectivity index (χ4v) is 3.07. The number of para-hydroxylation sites is 2. The Labute approximate surface area is 149 Å². The van der Waals surface area contributed by atoms with E-state index in [1.54, 1.807) is 18.7 Å². The fourth-order valence-electron chi connectivity index (χ4n) is 2.60. The minimum Gasteiger partial charge on any atom is -0.456 e. The van der Waals surface area contributed by atoms with Gasteiger partial charge in [-0.05, 0) is 37.5 Å². The molecule has 7 heteroatoms. The van der Waals surface area contributed by atoms with Crippen molar-refractivity contribution in [3.63, 3.8) is 0 Å². The number of benzene rings is 1. The van der Waals surface area contributed by atoms with Crippen LogP contribution in [0.5, 0.6) is 0 Å². The maximum Gasteiger partial charge on any atom is 0.287 e. The predicted molar refractivity (Wildman–Crippen MR) is 99.0 cm³/mol. The molecule has 1 atom stereocenters. The van der Waals surface area contributed by atoms with E-state index < -0.39 is 5.91 Å². The number of aromatic nitrogens is 2. The molecule has 130 valence electrons. The van der Waals surface area contributed by atoms with Crippen LogP contribution in [0, 0.1) is 6.92 Å². The van der Waals surface area contributed by atoms with Crippen LogP contribution in [-0.2, 0) is 0 Å². The first-order chi connectivity index (χ1) is 12.1. The number of fused-ring (bicyclic) bond motifs is 1. The molecule has 0 fully saturated rings. The van der Waals surface area contributed by atoms with Crippen LogP contribution < -0.4 is 10.7 Å². The van der Waals surface area contributed by atoms with Crippen molar-refractivity contribution in [3.05, 3.63) is 64.0 Å². The maximum atomic E-state index is 12.5. The van der Waals surface area contributed by atoms with Crippen molar-refractivity contribution in [2.24, 2.45) is 0 Å². The summed E-state index contributed by atoms with van der Waals surface area (Å²) in [6.45, 7) is 1.64. The highest BCUT2D eigenvalue weighted by Gasteiger charge is 2.20. The van der Waals surface area contributed by atoms with E-state index in [1.165, 1.54) is 12.1 Å². The minimum absolute atomic E-state index is 0.00950. The lowest BCUT2D eigenvalue weighted by Gasteiger charge is -2.16. The highest BCUT2D eigenvalue weighted by atomic mass is 32.2. The second kappa shape index (κ2) is 7.57. The molecule has 1 aromatic carbocycles. The van der Waals surface area contributed by atoms with Crippen LogP contribution in [0.4, 0.5) is 0 Å². The van der Waals surface area contributed by atoms with Crippen molar-refractivity contribution < 1.29 is 9.21 Å². The zero-order valence-electron chi connectivity index (χ0n) is 14.0. The first kappa shape index (κ1) is 17.3. The van der Waals surface area contributed by atoms with Gasteiger partial charge < -0.3 is 14.7 Å². The average molecular weight is 357 g/mol. The molecule has 0 bridgehead atoms. The molecule has 1 amide bonds. The first-order valence-corrected chi connectivity index (χ1v) is 9.32. The molecule has 0 aliphatic heterocycles. The molecule has 0 spiro atoms. The summed E-state index contributed by atoms with van der Waals surface area (Å²) in [5.74, 6) is 1.54. The van der Waals surface area contributed by atoms with Gasteiger partial charge in [0.05, 0.1) is 17.1 Å². The van der Waals surface area contributed by atoms with E-state index in [4.69, 9.17) is 4.42 Å². The zero-order valence-corrected chi connectivity index (χ0v) is 14.9. The van der Waals surface area contributed by atoms with Gasteiger partial charge in [-0.3, -0.25) is 9.59 Å². The number of hydrogen-bond acceptors (Lipinski definition) is 5. The van der Waals surface area contributed by atoms with Crippen LogP contribution in [0.1, 0.15) is 34.6 Å². The van der Waals surface area contributed by atoms with Gasteiger partial charge in [-0.25, -0.2) is 4.98 Å². The number of imidazole rings is 1. The number of aromatic amines is 1. The van der Waals surface area contributed by atoms with Crippen LogP contribution in [0.3, 0.4) is 0 Å². The summed E-state index contributed by atoms with van der Waals surface area (Å²) in [6, 6.07) is 9.97. The van der Waals surface area contributed by atoms with Gasteiger partial charge in [0, 0.05) is 12.1 Å². The Hall–Kier alpha value is -2.54. The summed E-state index contributed by atoms with van der Waals surface area (Å²) in [7, 11) is 0. The molecule has 3 rings (SSSR count). The Kier molecular flexibility index (Phi) is 5.23. The van der Waals surface area contributed by atoms with Gasteiger partial charge in [0.1, 0.15) is 11.6 Å². The summed E-state index contributed by atoms with van der Waals surface area (Å²) in [4.78, 5) is 32.0. The molecule has 2 aromatic heterocycles. The van der Waals surface area contributed by atoms with E-state index in [1.807, 2.05) is 30.5 Å². The summed E-state index contributed by atoms with van der Waals surface area (Å²) in [5.41, 5.74) is 1.52. The Morgan fingerprint density at radius 3 is 2.88 bits per heavy atom. The van der Waals surface area contributed by atoms with Crippen LogP contribution in [0.25, 0.3) is 11.0 Å². The number of carbonyl (C=O) groups is 1. The third kappa shape index (κ3) is 4.11. The molecule has 6 nitrogen and oxygen atoms in total. The van der Waals surface area contributed by atoms with E-state index in [9.17, 15) is 9.59 Å². The topological polar surface area (TPSA) is 88.0 Å². The van der Waals surface area contributed by atoms with Gasteiger partial charge in [-0.1, -0.05) is 12.1 Å². The Balaban J connectivity index is 1.87.